The average molecular weight is 358 g/mol. The molecule has 3 amide bonds. The van der Waals surface area contributed by atoms with E-state index in [2.05, 4.69) is 27.8 Å². The van der Waals surface area contributed by atoms with E-state index in [-0.39, 0.29) is 30.6 Å². The Morgan fingerprint density at radius 2 is 2.12 bits per heavy atom. The van der Waals surface area contributed by atoms with Crippen LogP contribution in [-0.4, -0.2) is 54.3 Å². The SMILES string of the molecule is CCN1CCCC1CNC(=O)CC[C@@H]1NC(=O)c2ccccc2NC1=O. The predicted molar refractivity (Wildman–Crippen MR) is 98.8 cm³/mol. The Hall–Kier alpha value is -2.41. The number of rotatable bonds is 6. The van der Waals surface area contributed by atoms with Crippen LogP contribution in [0, 0.1) is 0 Å². The zero-order valence-electron chi connectivity index (χ0n) is 15.1. The van der Waals surface area contributed by atoms with Crippen LogP contribution < -0.4 is 16.0 Å². The van der Waals surface area contributed by atoms with E-state index in [1.54, 1.807) is 24.3 Å². The number of carbonyl (C=O) groups excluding carboxylic acids is 3. The molecule has 1 unspecified atom stereocenters. The molecule has 0 aromatic heterocycles. The third kappa shape index (κ3) is 4.22. The third-order valence-electron chi connectivity index (χ3n) is 5.15. The van der Waals surface area contributed by atoms with E-state index in [0.29, 0.717) is 23.8 Å². The number of anilines is 1. The summed E-state index contributed by atoms with van der Waals surface area (Å²) in [6.07, 6.45) is 2.75. The molecule has 0 bridgehead atoms. The van der Waals surface area contributed by atoms with Crippen molar-refractivity contribution in [1.82, 2.24) is 15.5 Å². The first kappa shape index (κ1) is 18.4. The maximum atomic E-state index is 12.3. The zero-order valence-corrected chi connectivity index (χ0v) is 15.1. The molecule has 3 rings (SSSR count). The van der Waals surface area contributed by atoms with Crippen molar-refractivity contribution in [2.45, 2.75) is 44.7 Å². The summed E-state index contributed by atoms with van der Waals surface area (Å²) in [5.74, 6) is -0.672. The van der Waals surface area contributed by atoms with E-state index in [4.69, 9.17) is 0 Å². The molecule has 2 heterocycles. The Labute approximate surface area is 153 Å². The van der Waals surface area contributed by atoms with Gasteiger partial charge in [0.2, 0.25) is 11.8 Å². The molecule has 26 heavy (non-hydrogen) atoms. The minimum Gasteiger partial charge on any atom is -0.355 e. The van der Waals surface area contributed by atoms with Crippen LogP contribution >= 0.6 is 0 Å². The van der Waals surface area contributed by atoms with Gasteiger partial charge in [0, 0.05) is 19.0 Å². The van der Waals surface area contributed by atoms with E-state index < -0.39 is 6.04 Å². The molecule has 0 saturated carbocycles. The topological polar surface area (TPSA) is 90.5 Å². The molecule has 7 nitrogen and oxygen atoms in total. The van der Waals surface area contributed by atoms with Crippen LogP contribution in [0.25, 0.3) is 0 Å². The van der Waals surface area contributed by atoms with Crippen LogP contribution in [0.4, 0.5) is 5.69 Å². The van der Waals surface area contributed by atoms with Gasteiger partial charge in [-0.2, -0.15) is 0 Å². The quantitative estimate of drug-likeness (QED) is 0.711. The molecule has 1 aromatic carbocycles. The van der Waals surface area contributed by atoms with Gasteiger partial charge in [0.05, 0.1) is 11.3 Å². The molecular weight excluding hydrogens is 332 g/mol. The van der Waals surface area contributed by atoms with Gasteiger partial charge in [0.1, 0.15) is 6.04 Å². The van der Waals surface area contributed by atoms with Gasteiger partial charge in [-0.15, -0.1) is 0 Å². The number of nitrogens with zero attached hydrogens (tertiary/aromatic N) is 1. The van der Waals surface area contributed by atoms with Gasteiger partial charge < -0.3 is 16.0 Å². The molecule has 0 spiro atoms. The number of amides is 3. The standard InChI is InChI=1S/C19H26N4O3/c1-2-23-11-5-6-13(23)12-20-17(24)10-9-16-19(26)21-15-8-4-3-7-14(15)18(25)22-16/h3-4,7-8,13,16H,2,5-6,9-12H2,1H3,(H,20,24)(H,21,26)(H,22,25)/t13?,16-/m0/s1. The maximum Gasteiger partial charge on any atom is 0.254 e. The van der Waals surface area contributed by atoms with Gasteiger partial charge in [0.25, 0.3) is 5.91 Å². The number of benzene rings is 1. The van der Waals surface area contributed by atoms with Crippen LogP contribution in [0.2, 0.25) is 0 Å². The van der Waals surface area contributed by atoms with Crippen molar-refractivity contribution >= 4 is 23.4 Å². The van der Waals surface area contributed by atoms with Crippen molar-refractivity contribution in [2.24, 2.45) is 0 Å². The molecule has 3 N–H and O–H groups in total. The first-order chi connectivity index (χ1) is 12.6. The van der Waals surface area contributed by atoms with Crippen LogP contribution in [0.1, 0.15) is 43.0 Å². The van der Waals surface area contributed by atoms with Gasteiger partial charge in [0.15, 0.2) is 0 Å². The zero-order chi connectivity index (χ0) is 18.5. The highest BCUT2D eigenvalue weighted by molar-refractivity contribution is 6.09. The summed E-state index contributed by atoms with van der Waals surface area (Å²) in [7, 11) is 0. The fourth-order valence-electron chi connectivity index (χ4n) is 3.65. The summed E-state index contributed by atoms with van der Waals surface area (Å²) in [5, 5.41) is 8.43. The number of likely N-dealkylation sites (tertiary alicyclic amines) is 1. The highest BCUT2D eigenvalue weighted by Gasteiger charge is 2.28. The highest BCUT2D eigenvalue weighted by Crippen LogP contribution is 2.19. The highest BCUT2D eigenvalue weighted by atomic mass is 16.2. The Balaban J connectivity index is 1.49. The Kier molecular flexibility index (Phi) is 5.88. The number of para-hydroxylation sites is 1. The summed E-state index contributed by atoms with van der Waals surface area (Å²) in [4.78, 5) is 39.1. The number of hydrogen-bond acceptors (Lipinski definition) is 4. The molecular formula is C19H26N4O3. The number of fused-ring (bicyclic) bond motifs is 1. The van der Waals surface area contributed by atoms with Crippen molar-refractivity contribution in [3.63, 3.8) is 0 Å². The Bertz CT molecular complexity index is 691. The minimum atomic E-state index is -0.709. The molecule has 140 valence electrons. The van der Waals surface area contributed by atoms with Crippen molar-refractivity contribution in [1.29, 1.82) is 0 Å². The van der Waals surface area contributed by atoms with E-state index in [9.17, 15) is 14.4 Å². The van der Waals surface area contributed by atoms with Crippen LogP contribution in [0.15, 0.2) is 24.3 Å². The molecule has 2 aliphatic rings. The fraction of sp³-hybridized carbons (Fsp3) is 0.526. The van der Waals surface area contributed by atoms with Crippen molar-refractivity contribution in [2.75, 3.05) is 25.0 Å². The largest absolute Gasteiger partial charge is 0.355 e. The second-order valence-corrected chi connectivity index (χ2v) is 6.83. The van der Waals surface area contributed by atoms with Gasteiger partial charge in [-0.1, -0.05) is 19.1 Å². The van der Waals surface area contributed by atoms with Gasteiger partial charge in [-0.3, -0.25) is 19.3 Å². The molecule has 1 saturated heterocycles. The summed E-state index contributed by atoms with van der Waals surface area (Å²) < 4.78 is 0. The lowest BCUT2D eigenvalue weighted by Gasteiger charge is -2.23. The van der Waals surface area contributed by atoms with Gasteiger partial charge >= 0.3 is 0 Å². The number of likely N-dealkylation sites (N-methyl/N-ethyl adjacent to an activating group) is 1. The van der Waals surface area contributed by atoms with E-state index in [1.165, 1.54) is 6.42 Å². The number of carbonyl (C=O) groups is 3. The fourth-order valence-corrected chi connectivity index (χ4v) is 3.65. The molecule has 7 heteroatoms. The normalized spacial score (nSPS) is 23.0. The predicted octanol–water partition coefficient (Wildman–Crippen LogP) is 1.12. The molecule has 2 aliphatic heterocycles. The lowest BCUT2D eigenvalue weighted by molar-refractivity contribution is -0.122. The average Bonchev–Trinajstić information content (AvgIpc) is 3.06. The van der Waals surface area contributed by atoms with Crippen LogP contribution in [-0.2, 0) is 9.59 Å². The van der Waals surface area contributed by atoms with E-state index in [0.717, 1.165) is 19.5 Å². The smallest absolute Gasteiger partial charge is 0.254 e. The van der Waals surface area contributed by atoms with E-state index in [1.807, 2.05) is 0 Å². The third-order valence-corrected chi connectivity index (χ3v) is 5.15. The molecule has 1 aromatic rings. The van der Waals surface area contributed by atoms with Crippen LogP contribution in [0.5, 0.6) is 0 Å². The Morgan fingerprint density at radius 1 is 1.31 bits per heavy atom. The molecule has 0 radical (unpaired) electrons. The number of nitrogens with one attached hydrogen (secondary N) is 3. The minimum absolute atomic E-state index is 0.0863. The second kappa shape index (κ2) is 8.31. The second-order valence-electron chi connectivity index (χ2n) is 6.83. The molecule has 0 aliphatic carbocycles. The first-order valence-electron chi connectivity index (χ1n) is 9.30. The van der Waals surface area contributed by atoms with Crippen molar-refractivity contribution in [3.8, 4) is 0 Å². The number of hydrogen-bond donors (Lipinski definition) is 3. The monoisotopic (exact) mass is 358 g/mol. The summed E-state index contributed by atoms with van der Waals surface area (Å²) in [6.45, 7) is 4.86. The first-order valence-corrected chi connectivity index (χ1v) is 9.30. The van der Waals surface area contributed by atoms with E-state index >= 15 is 0 Å². The lowest BCUT2D eigenvalue weighted by atomic mass is 10.1. The van der Waals surface area contributed by atoms with Gasteiger partial charge in [-0.25, -0.2) is 0 Å². The van der Waals surface area contributed by atoms with Crippen molar-refractivity contribution in [3.05, 3.63) is 29.8 Å². The summed E-state index contributed by atoms with van der Waals surface area (Å²) in [5.41, 5.74) is 0.941. The maximum absolute atomic E-state index is 12.3. The lowest BCUT2D eigenvalue weighted by Crippen LogP contribution is -2.43. The molecule has 2 atom stereocenters. The van der Waals surface area contributed by atoms with Gasteiger partial charge in [-0.05, 0) is 44.5 Å². The summed E-state index contributed by atoms with van der Waals surface area (Å²) >= 11 is 0. The van der Waals surface area contributed by atoms with Crippen LogP contribution in [0.3, 0.4) is 0 Å². The Morgan fingerprint density at radius 3 is 2.92 bits per heavy atom. The molecule has 1 fully saturated rings. The van der Waals surface area contributed by atoms with Crippen molar-refractivity contribution < 1.29 is 14.4 Å². The summed E-state index contributed by atoms with van der Waals surface area (Å²) in [6, 6.07) is 6.58.